The molecule has 4 rings (SSSR count). The van der Waals surface area contributed by atoms with Gasteiger partial charge in [-0.25, -0.2) is 9.07 Å². The van der Waals surface area contributed by atoms with Crippen molar-refractivity contribution in [1.29, 1.82) is 0 Å². The van der Waals surface area contributed by atoms with E-state index in [0.717, 1.165) is 11.1 Å². The summed E-state index contributed by atoms with van der Waals surface area (Å²) in [6, 6.07) is 22.2. The number of aromatic nitrogens is 4. The third kappa shape index (κ3) is 3.78. The fourth-order valence-electron chi connectivity index (χ4n) is 2.94. The molecule has 28 heavy (non-hydrogen) atoms. The number of tetrazole rings is 1. The second-order valence-electron chi connectivity index (χ2n) is 6.17. The summed E-state index contributed by atoms with van der Waals surface area (Å²) in [5.41, 5.74) is 2.84. The molecule has 7 heteroatoms. The number of nitrogens with zero attached hydrogens (tertiary/aromatic N) is 4. The first-order chi connectivity index (χ1) is 13.7. The van der Waals surface area contributed by atoms with Crippen LogP contribution in [0.25, 0.3) is 5.69 Å². The second-order valence-corrected chi connectivity index (χ2v) is 6.17. The number of rotatable bonds is 5. The van der Waals surface area contributed by atoms with Gasteiger partial charge in [-0.05, 0) is 51.9 Å². The van der Waals surface area contributed by atoms with Crippen molar-refractivity contribution in [3.05, 3.63) is 108 Å². The number of hydrogen-bond donors (Lipinski definition) is 1. The van der Waals surface area contributed by atoms with E-state index >= 15 is 0 Å². The van der Waals surface area contributed by atoms with Gasteiger partial charge in [-0.1, -0.05) is 48.5 Å². The molecule has 3 aromatic carbocycles. The Morgan fingerprint density at radius 2 is 1.68 bits per heavy atom. The Morgan fingerprint density at radius 3 is 2.39 bits per heavy atom. The van der Waals surface area contributed by atoms with Crippen molar-refractivity contribution in [2.45, 2.75) is 6.04 Å². The lowest BCUT2D eigenvalue weighted by Crippen LogP contribution is -2.29. The van der Waals surface area contributed by atoms with Crippen LogP contribution in [0.4, 0.5) is 4.39 Å². The lowest BCUT2D eigenvalue weighted by atomic mass is 9.98. The van der Waals surface area contributed by atoms with Crippen molar-refractivity contribution in [3.63, 3.8) is 0 Å². The van der Waals surface area contributed by atoms with Gasteiger partial charge in [0, 0.05) is 5.56 Å². The molecule has 1 aromatic heterocycles. The predicted octanol–water partition coefficient (Wildman–Crippen LogP) is 3.32. The molecule has 4 aromatic rings. The van der Waals surface area contributed by atoms with Gasteiger partial charge in [0.1, 0.15) is 12.1 Å². The van der Waals surface area contributed by atoms with Crippen LogP contribution in [0.5, 0.6) is 0 Å². The Bertz CT molecular complexity index is 1070. The van der Waals surface area contributed by atoms with E-state index in [1.54, 1.807) is 30.3 Å². The summed E-state index contributed by atoms with van der Waals surface area (Å²) in [6.07, 6.45) is 1.46. The minimum Gasteiger partial charge on any atom is -0.341 e. The number of halogens is 1. The largest absolute Gasteiger partial charge is 0.341 e. The minimum absolute atomic E-state index is 0.256. The zero-order valence-corrected chi connectivity index (χ0v) is 14.7. The summed E-state index contributed by atoms with van der Waals surface area (Å²) < 4.78 is 14.8. The summed E-state index contributed by atoms with van der Waals surface area (Å²) in [5.74, 6) is -0.580. The monoisotopic (exact) mass is 373 g/mol. The van der Waals surface area contributed by atoms with Crippen molar-refractivity contribution >= 4 is 5.91 Å². The fourth-order valence-corrected chi connectivity index (χ4v) is 2.94. The highest BCUT2D eigenvalue weighted by molar-refractivity contribution is 5.95. The molecule has 138 valence electrons. The van der Waals surface area contributed by atoms with Gasteiger partial charge in [0.15, 0.2) is 0 Å². The van der Waals surface area contributed by atoms with Crippen molar-refractivity contribution in [2.75, 3.05) is 0 Å². The molecule has 0 saturated heterocycles. The molecule has 1 atom stereocenters. The van der Waals surface area contributed by atoms with Crippen LogP contribution in [-0.4, -0.2) is 26.1 Å². The number of nitrogens with one attached hydrogen (secondary N) is 1. The van der Waals surface area contributed by atoms with Gasteiger partial charge in [-0.2, -0.15) is 0 Å². The van der Waals surface area contributed by atoms with Gasteiger partial charge in [-0.15, -0.1) is 5.10 Å². The zero-order chi connectivity index (χ0) is 19.3. The first-order valence-electron chi connectivity index (χ1n) is 8.65. The van der Waals surface area contributed by atoms with E-state index < -0.39 is 6.04 Å². The van der Waals surface area contributed by atoms with Gasteiger partial charge < -0.3 is 5.32 Å². The highest BCUT2D eigenvalue weighted by Gasteiger charge is 2.18. The number of benzene rings is 3. The SMILES string of the molecule is O=C(NC(c1ccccc1)c1ccc(F)cc1)c1cccc(-n2cnnn2)c1. The Balaban J connectivity index is 1.64. The lowest BCUT2D eigenvalue weighted by molar-refractivity contribution is 0.0943. The molecule has 1 N–H and O–H groups in total. The second kappa shape index (κ2) is 7.79. The van der Waals surface area contributed by atoms with E-state index in [2.05, 4.69) is 20.8 Å². The fraction of sp³-hybridized carbons (Fsp3) is 0.0476. The summed E-state index contributed by atoms with van der Waals surface area (Å²) in [7, 11) is 0. The molecule has 0 radical (unpaired) electrons. The van der Waals surface area contributed by atoms with Crippen molar-refractivity contribution in [3.8, 4) is 5.69 Å². The lowest BCUT2D eigenvalue weighted by Gasteiger charge is -2.20. The topological polar surface area (TPSA) is 72.7 Å². The molecule has 0 aliphatic rings. The first-order valence-corrected chi connectivity index (χ1v) is 8.65. The van der Waals surface area contributed by atoms with Crippen LogP contribution in [0, 0.1) is 5.82 Å². The van der Waals surface area contributed by atoms with Crippen LogP contribution in [0.3, 0.4) is 0 Å². The molecule has 6 nitrogen and oxygen atoms in total. The highest BCUT2D eigenvalue weighted by Crippen LogP contribution is 2.23. The molecule has 0 aliphatic heterocycles. The third-order valence-electron chi connectivity index (χ3n) is 4.33. The van der Waals surface area contributed by atoms with Crippen LogP contribution in [0.15, 0.2) is 85.2 Å². The van der Waals surface area contributed by atoms with Gasteiger partial charge in [0.25, 0.3) is 5.91 Å². The maximum Gasteiger partial charge on any atom is 0.252 e. The molecule has 0 fully saturated rings. The average Bonchev–Trinajstić information content (AvgIpc) is 3.28. The summed E-state index contributed by atoms with van der Waals surface area (Å²) >= 11 is 0. The average molecular weight is 373 g/mol. The van der Waals surface area contributed by atoms with Crippen molar-refractivity contribution in [1.82, 2.24) is 25.5 Å². The molecule has 1 unspecified atom stereocenters. The van der Waals surface area contributed by atoms with Crippen LogP contribution in [0.2, 0.25) is 0 Å². The molecule has 0 aliphatic carbocycles. The van der Waals surface area contributed by atoms with Crippen LogP contribution in [-0.2, 0) is 0 Å². The maximum atomic E-state index is 13.4. The number of carbonyl (C=O) groups excluding carboxylic acids is 1. The Hall–Kier alpha value is -3.87. The number of amides is 1. The van der Waals surface area contributed by atoms with Crippen LogP contribution in [0.1, 0.15) is 27.5 Å². The molecule has 1 heterocycles. The maximum absolute atomic E-state index is 13.4. The van der Waals surface area contributed by atoms with Gasteiger partial charge in [0.05, 0.1) is 11.7 Å². The molecule has 0 saturated carbocycles. The summed E-state index contributed by atoms with van der Waals surface area (Å²) in [5, 5.41) is 14.1. The molecule has 0 spiro atoms. The van der Waals surface area contributed by atoms with Crippen molar-refractivity contribution < 1.29 is 9.18 Å². The van der Waals surface area contributed by atoms with Crippen LogP contribution < -0.4 is 5.32 Å². The quantitative estimate of drug-likeness (QED) is 0.582. The van der Waals surface area contributed by atoms with Gasteiger partial charge in [0.2, 0.25) is 0 Å². The smallest absolute Gasteiger partial charge is 0.252 e. The molecule has 0 bridgehead atoms. The normalized spacial score (nSPS) is 11.8. The van der Waals surface area contributed by atoms with E-state index in [1.165, 1.54) is 23.1 Å². The summed E-state index contributed by atoms with van der Waals surface area (Å²) in [4.78, 5) is 12.9. The third-order valence-corrected chi connectivity index (χ3v) is 4.33. The van der Waals surface area contributed by atoms with Gasteiger partial charge in [-0.3, -0.25) is 4.79 Å². The van der Waals surface area contributed by atoms with E-state index in [9.17, 15) is 9.18 Å². The molecular weight excluding hydrogens is 357 g/mol. The van der Waals surface area contributed by atoms with Crippen LogP contribution >= 0.6 is 0 Å². The van der Waals surface area contributed by atoms with Crippen molar-refractivity contribution in [2.24, 2.45) is 0 Å². The standard InChI is InChI=1S/C21H16FN5O/c22-18-11-9-16(10-12-18)20(15-5-2-1-3-6-15)24-21(28)17-7-4-8-19(13-17)27-14-23-25-26-27/h1-14,20H,(H,24,28). The van der Waals surface area contributed by atoms with E-state index in [0.29, 0.717) is 11.3 Å². The minimum atomic E-state index is -0.411. The van der Waals surface area contributed by atoms with E-state index in [-0.39, 0.29) is 11.7 Å². The number of carbonyl (C=O) groups is 1. The Kier molecular flexibility index (Phi) is 4.88. The first kappa shape index (κ1) is 17.5. The highest BCUT2D eigenvalue weighted by atomic mass is 19.1. The number of hydrogen-bond acceptors (Lipinski definition) is 4. The Labute approximate surface area is 160 Å². The zero-order valence-electron chi connectivity index (χ0n) is 14.7. The van der Waals surface area contributed by atoms with Gasteiger partial charge >= 0.3 is 0 Å². The predicted molar refractivity (Wildman–Crippen MR) is 101 cm³/mol. The molecule has 1 amide bonds. The molecular formula is C21H16FN5O. The van der Waals surface area contributed by atoms with E-state index in [1.807, 2.05) is 36.4 Å². The van der Waals surface area contributed by atoms with E-state index in [4.69, 9.17) is 0 Å². The summed E-state index contributed by atoms with van der Waals surface area (Å²) in [6.45, 7) is 0. The Morgan fingerprint density at radius 1 is 0.929 bits per heavy atom.